The number of nitrogens with zero attached hydrogens (tertiary/aromatic N) is 2. The SMILES string of the molecule is CC(C)(C)C(=O)N1N=CC[C@H]1c1ccc(C(F)(F)F)cc1. The Morgan fingerprint density at radius 2 is 1.76 bits per heavy atom. The Balaban J connectivity index is 2.24. The molecule has 0 aromatic heterocycles. The molecule has 1 aliphatic rings. The zero-order valence-corrected chi connectivity index (χ0v) is 12.1. The highest BCUT2D eigenvalue weighted by Gasteiger charge is 2.35. The number of carbonyl (C=O) groups is 1. The van der Waals surface area contributed by atoms with E-state index in [1.54, 1.807) is 27.0 Å². The molecule has 2 rings (SSSR count). The fourth-order valence-electron chi connectivity index (χ4n) is 2.12. The van der Waals surface area contributed by atoms with Crippen molar-refractivity contribution in [3.63, 3.8) is 0 Å². The molecule has 1 aromatic carbocycles. The number of hydrogen-bond donors (Lipinski definition) is 0. The van der Waals surface area contributed by atoms with Crippen molar-refractivity contribution in [1.82, 2.24) is 5.01 Å². The van der Waals surface area contributed by atoms with Crippen molar-refractivity contribution < 1.29 is 18.0 Å². The number of hydrazone groups is 1. The maximum atomic E-state index is 12.6. The van der Waals surface area contributed by atoms with E-state index in [1.165, 1.54) is 17.1 Å². The predicted octanol–water partition coefficient (Wildman–Crippen LogP) is 4.01. The molecule has 0 aliphatic carbocycles. The fraction of sp³-hybridized carbons (Fsp3) is 0.467. The summed E-state index contributed by atoms with van der Waals surface area (Å²) in [5.41, 5.74) is -0.636. The van der Waals surface area contributed by atoms with Gasteiger partial charge in [-0.2, -0.15) is 18.3 Å². The number of halogens is 3. The van der Waals surface area contributed by atoms with Crippen molar-refractivity contribution in [2.45, 2.75) is 39.4 Å². The van der Waals surface area contributed by atoms with Gasteiger partial charge in [0.2, 0.25) is 5.91 Å². The van der Waals surface area contributed by atoms with Gasteiger partial charge < -0.3 is 0 Å². The summed E-state index contributed by atoms with van der Waals surface area (Å²) in [4.78, 5) is 12.3. The van der Waals surface area contributed by atoms with Gasteiger partial charge in [-0.1, -0.05) is 32.9 Å². The Morgan fingerprint density at radius 3 is 2.24 bits per heavy atom. The van der Waals surface area contributed by atoms with E-state index in [1.807, 2.05) is 0 Å². The highest BCUT2D eigenvalue weighted by atomic mass is 19.4. The largest absolute Gasteiger partial charge is 0.416 e. The minimum absolute atomic E-state index is 0.152. The van der Waals surface area contributed by atoms with Crippen LogP contribution in [0, 0.1) is 5.41 Å². The summed E-state index contributed by atoms with van der Waals surface area (Å²) >= 11 is 0. The van der Waals surface area contributed by atoms with Crippen LogP contribution in [-0.4, -0.2) is 17.1 Å². The van der Waals surface area contributed by atoms with Gasteiger partial charge in [0.05, 0.1) is 11.6 Å². The van der Waals surface area contributed by atoms with Crippen LogP contribution in [-0.2, 0) is 11.0 Å². The third kappa shape index (κ3) is 3.25. The average molecular weight is 298 g/mol. The molecular weight excluding hydrogens is 281 g/mol. The van der Waals surface area contributed by atoms with Gasteiger partial charge in [-0.05, 0) is 17.7 Å². The summed E-state index contributed by atoms with van der Waals surface area (Å²) in [6.45, 7) is 5.35. The fourth-order valence-corrected chi connectivity index (χ4v) is 2.12. The van der Waals surface area contributed by atoms with Crippen LogP contribution in [0.5, 0.6) is 0 Å². The van der Waals surface area contributed by atoms with Crippen LogP contribution in [0.15, 0.2) is 29.4 Å². The highest BCUT2D eigenvalue weighted by Crippen LogP contribution is 2.34. The van der Waals surface area contributed by atoms with Gasteiger partial charge in [-0.25, -0.2) is 5.01 Å². The predicted molar refractivity (Wildman–Crippen MR) is 73.6 cm³/mol. The van der Waals surface area contributed by atoms with Crippen molar-refractivity contribution in [2.24, 2.45) is 10.5 Å². The molecule has 1 aromatic rings. The van der Waals surface area contributed by atoms with Crippen LogP contribution in [0.3, 0.4) is 0 Å². The summed E-state index contributed by atoms with van der Waals surface area (Å²) < 4.78 is 37.7. The number of hydrogen-bond acceptors (Lipinski definition) is 2. The maximum Gasteiger partial charge on any atom is 0.416 e. The second-order valence-electron chi connectivity index (χ2n) is 6.07. The molecule has 6 heteroatoms. The van der Waals surface area contributed by atoms with Crippen molar-refractivity contribution in [3.05, 3.63) is 35.4 Å². The Hall–Kier alpha value is -1.85. The van der Waals surface area contributed by atoms with Crippen LogP contribution in [0.1, 0.15) is 44.4 Å². The van der Waals surface area contributed by atoms with Gasteiger partial charge in [0.1, 0.15) is 0 Å². The molecule has 0 saturated heterocycles. The van der Waals surface area contributed by atoms with Crippen LogP contribution < -0.4 is 0 Å². The van der Waals surface area contributed by atoms with E-state index in [2.05, 4.69) is 5.10 Å². The molecule has 0 N–H and O–H groups in total. The lowest BCUT2D eigenvalue weighted by molar-refractivity contribution is -0.141. The van der Waals surface area contributed by atoms with Gasteiger partial charge in [0.15, 0.2) is 0 Å². The zero-order valence-electron chi connectivity index (χ0n) is 12.1. The van der Waals surface area contributed by atoms with Gasteiger partial charge >= 0.3 is 6.18 Å². The van der Waals surface area contributed by atoms with E-state index >= 15 is 0 Å². The summed E-state index contributed by atoms with van der Waals surface area (Å²) in [6.07, 6.45) is -2.23. The van der Waals surface area contributed by atoms with Crippen LogP contribution in [0.25, 0.3) is 0 Å². The lowest BCUT2D eigenvalue weighted by Gasteiger charge is -2.28. The van der Waals surface area contributed by atoms with Crippen molar-refractivity contribution in [2.75, 3.05) is 0 Å². The first kappa shape index (κ1) is 15.5. The molecule has 0 unspecified atom stereocenters. The second-order valence-corrected chi connectivity index (χ2v) is 6.07. The van der Waals surface area contributed by atoms with Gasteiger partial charge in [0.25, 0.3) is 0 Å². The first-order valence-electron chi connectivity index (χ1n) is 6.64. The molecular formula is C15H17F3N2O. The van der Waals surface area contributed by atoms with Gasteiger partial charge in [0, 0.05) is 18.1 Å². The smallest absolute Gasteiger partial charge is 0.272 e. The number of benzene rings is 1. The third-order valence-corrected chi connectivity index (χ3v) is 3.30. The van der Waals surface area contributed by atoms with Crippen molar-refractivity contribution >= 4 is 12.1 Å². The summed E-state index contributed by atoms with van der Waals surface area (Å²) in [7, 11) is 0. The van der Waals surface area contributed by atoms with E-state index in [-0.39, 0.29) is 11.9 Å². The Kier molecular flexibility index (Phi) is 3.82. The number of alkyl halides is 3. The van der Waals surface area contributed by atoms with Crippen molar-refractivity contribution in [3.8, 4) is 0 Å². The van der Waals surface area contributed by atoms with E-state index in [0.29, 0.717) is 12.0 Å². The highest BCUT2D eigenvalue weighted by molar-refractivity contribution is 5.84. The Morgan fingerprint density at radius 1 is 1.19 bits per heavy atom. The molecule has 21 heavy (non-hydrogen) atoms. The summed E-state index contributed by atoms with van der Waals surface area (Å²) in [6, 6.07) is 4.55. The van der Waals surface area contributed by atoms with E-state index < -0.39 is 17.2 Å². The normalized spacial score (nSPS) is 19.1. The monoisotopic (exact) mass is 298 g/mol. The molecule has 1 amide bonds. The summed E-state index contributed by atoms with van der Waals surface area (Å²) in [5, 5.41) is 5.43. The lowest BCUT2D eigenvalue weighted by Crippen LogP contribution is -2.36. The topological polar surface area (TPSA) is 32.7 Å². The maximum absolute atomic E-state index is 12.6. The minimum atomic E-state index is -4.36. The van der Waals surface area contributed by atoms with Gasteiger partial charge in [-0.15, -0.1) is 0 Å². The van der Waals surface area contributed by atoms with Crippen LogP contribution >= 0.6 is 0 Å². The third-order valence-electron chi connectivity index (χ3n) is 3.30. The first-order chi connectivity index (χ1) is 9.60. The molecule has 1 heterocycles. The van der Waals surface area contributed by atoms with E-state index in [9.17, 15) is 18.0 Å². The van der Waals surface area contributed by atoms with Crippen LogP contribution in [0.4, 0.5) is 13.2 Å². The number of rotatable bonds is 1. The minimum Gasteiger partial charge on any atom is -0.272 e. The molecule has 0 bridgehead atoms. The quantitative estimate of drug-likeness (QED) is 0.771. The standard InChI is InChI=1S/C15H17F3N2O/c1-14(2,3)13(21)20-12(8-9-19-20)10-4-6-11(7-5-10)15(16,17)18/h4-7,9,12H,8H2,1-3H3/t12-/m0/s1. The molecule has 0 fully saturated rings. The molecule has 3 nitrogen and oxygen atoms in total. The van der Waals surface area contributed by atoms with Crippen molar-refractivity contribution in [1.29, 1.82) is 0 Å². The molecule has 114 valence electrons. The van der Waals surface area contributed by atoms with E-state index in [4.69, 9.17) is 0 Å². The number of carbonyl (C=O) groups excluding carboxylic acids is 1. The second kappa shape index (κ2) is 5.16. The average Bonchev–Trinajstić information content (AvgIpc) is 2.84. The zero-order chi connectivity index (χ0) is 15.8. The molecule has 1 aliphatic heterocycles. The molecule has 0 saturated carbocycles. The Labute approximate surface area is 121 Å². The van der Waals surface area contributed by atoms with E-state index in [0.717, 1.165) is 12.1 Å². The van der Waals surface area contributed by atoms with Gasteiger partial charge in [-0.3, -0.25) is 4.79 Å². The first-order valence-corrected chi connectivity index (χ1v) is 6.64. The summed E-state index contributed by atoms with van der Waals surface area (Å²) in [5.74, 6) is -0.152. The molecule has 1 atom stereocenters. The number of amides is 1. The van der Waals surface area contributed by atoms with Crippen LogP contribution in [0.2, 0.25) is 0 Å². The lowest BCUT2D eigenvalue weighted by atomic mass is 9.93. The Bertz CT molecular complexity index is 556. The molecule has 0 spiro atoms. The molecule has 0 radical (unpaired) electrons.